The highest BCUT2D eigenvalue weighted by atomic mass is 35.5. The molecule has 0 heterocycles. The lowest BCUT2D eigenvalue weighted by Gasteiger charge is -2.34. The molecule has 1 atom stereocenters. The van der Waals surface area contributed by atoms with E-state index in [1.54, 1.807) is 37.3 Å². The predicted octanol–water partition coefficient (Wildman–Crippen LogP) is 6.45. The van der Waals surface area contributed by atoms with Crippen LogP contribution < -0.4 is 14.4 Å². The zero-order valence-electron chi connectivity index (χ0n) is 24.7. The van der Waals surface area contributed by atoms with Crippen LogP contribution in [0.25, 0.3) is 0 Å². The Morgan fingerprint density at radius 2 is 1.58 bits per heavy atom. The van der Waals surface area contributed by atoms with Crippen LogP contribution in [-0.2, 0) is 26.2 Å². The molecule has 0 aliphatic heterocycles. The maximum Gasteiger partial charge on any atom is 0.264 e. The molecular formula is C31H36Cl2FN3O5S. The molecular weight excluding hydrogens is 616 g/mol. The minimum atomic E-state index is -4.35. The number of hydrogen-bond donors (Lipinski definition) is 1. The summed E-state index contributed by atoms with van der Waals surface area (Å²) in [5, 5.41) is 3.51. The lowest BCUT2D eigenvalue weighted by molar-refractivity contribution is -0.141. The van der Waals surface area contributed by atoms with Crippen molar-refractivity contribution in [1.29, 1.82) is 0 Å². The number of ether oxygens (including phenoxy) is 1. The molecule has 0 bridgehead atoms. The highest BCUT2D eigenvalue weighted by molar-refractivity contribution is 7.92. The summed E-state index contributed by atoms with van der Waals surface area (Å²) in [4.78, 5) is 28.7. The molecule has 0 unspecified atom stereocenters. The third-order valence-electron chi connectivity index (χ3n) is 6.34. The number of hydrogen-bond acceptors (Lipinski definition) is 5. The molecule has 0 aliphatic rings. The van der Waals surface area contributed by atoms with Crippen molar-refractivity contribution in [1.82, 2.24) is 10.2 Å². The molecule has 3 aromatic rings. The second-order valence-electron chi connectivity index (χ2n) is 10.8. The van der Waals surface area contributed by atoms with Gasteiger partial charge in [-0.2, -0.15) is 0 Å². The number of sulfonamides is 1. The Balaban J connectivity index is 2.09. The Morgan fingerprint density at radius 1 is 0.953 bits per heavy atom. The van der Waals surface area contributed by atoms with Crippen LogP contribution >= 0.6 is 23.2 Å². The second-order valence-corrected chi connectivity index (χ2v) is 13.5. The minimum Gasteiger partial charge on any atom is -0.494 e. The van der Waals surface area contributed by atoms with E-state index >= 15 is 0 Å². The first kappa shape index (κ1) is 34.2. The highest BCUT2D eigenvalue weighted by Crippen LogP contribution is 2.28. The molecule has 0 radical (unpaired) electrons. The Bertz CT molecular complexity index is 1530. The van der Waals surface area contributed by atoms with Gasteiger partial charge in [0.2, 0.25) is 11.8 Å². The van der Waals surface area contributed by atoms with Gasteiger partial charge in [-0.25, -0.2) is 12.8 Å². The predicted molar refractivity (Wildman–Crippen MR) is 168 cm³/mol. The molecule has 2 amide bonds. The minimum absolute atomic E-state index is 0.0422. The Morgan fingerprint density at radius 3 is 2.12 bits per heavy atom. The zero-order chi connectivity index (χ0) is 31.9. The van der Waals surface area contributed by atoms with Crippen LogP contribution in [0.5, 0.6) is 5.75 Å². The van der Waals surface area contributed by atoms with Crippen molar-refractivity contribution in [2.75, 3.05) is 17.5 Å². The first-order valence-corrected chi connectivity index (χ1v) is 15.9. The summed E-state index contributed by atoms with van der Waals surface area (Å²) in [7, 11) is -4.35. The fraction of sp³-hybridized carbons (Fsp3) is 0.355. The largest absolute Gasteiger partial charge is 0.494 e. The number of nitrogens with one attached hydrogen (secondary N) is 1. The third kappa shape index (κ3) is 9.08. The van der Waals surface area contributed by atoms with Crippen molar-refractivity contribution in [3.63, 3.8) is 0 Å². The van der Waals surface area contributed by atoms with Crippen molar-refractivity contribution in [3.05, 3.63) is 88.2 Å². The van der Waals surface area contributed by atoms with Gasteiger partial charge in [0.05, 0.1) is 27.2 Å². The average Bonchev–Trinajstić information content (AvgIpc) is 2.93. The number of carbonyl (C=O) groups excluding carboxylic acids is 2. The van der Waals surface area contributed by atoms with E-state index in [4.69, 9.17) is 27.9 Å². The van der Waals surface area contributed by atoms with Gasteiger partial charge in [0.15, 0.2) is 0 Å². The Labute approximate surface area is 262 Å². The first-order chi connectivity index (χ1) is 20.2. The Kier molecular flexibility index (Phi) is 11.5. The summed E-state index contributed by atoms with van der Waals surface area (Å²) >= 11 is 12.3. The number of nitrogens with zero attached hydrogens (tertiary/aromatic N) is 2. The molecule has 8 nitrogen and oxygen atoms in total. The number of halogens is 3. The molecule has 0 spiro atoms. The van der Waals surface area contributed by atoms with Crippen LogP contribution in [0.3, 0.4) is 0 Å². The zero-order valence-corrected chi connectivity index (χ0v) is 27.1. The van der Waals surface area contributed by atoms with Crippen LogP contribution in [0, 0.1) is 5.82 Å². The Hall–Kier alpha value is -3.34. The monoisotopic (exact) mass is 651 g/mol. The second kappa shape index (κ2) is 14.4. The van der Waals surface area contributed by atoms with Crippen molar-refractivity contribution in [2.24, 2.45) is 0 Å². The fourth-order valence-electron chi connectivity index (χ4n) is 4.34. The number of anilines is 1. The van der Waals surface area contributed by atoms with E-state index in [9.17, 15) is 22.4 Å². The normalized spacial score (nSPS) is 12.4. The van der Waals surface area contributed by atoms with Crippen LogP contribution in [0.1, 0.15) is 46.6 Å². The van der Waals surface area contributed by atoms with Gasteiger partial charge in [-0.15, -0.1) is 0 Å². The van der Waals surface area contributed by atoms with Gasteiger partial charge < -0.3 is 15.0 Å². The smallest absolute Gasteiger partial charge is 0.264 e. The topological polar surface area (TPSA) is 96.0 Å². The van der Waals surface area contributed by atoms with Gasteiger partial charge in [-0.05, 0) is 100 Å². The van der Waals surface area contributed by atoms with Crippen molar-refractivity contribution >= 4 is 50.7 Å². The number of amides is 2. The van der Waals surface area contributed by atoms with Gasteiger partial charge in [0.25, 0.3) is 10.0 Å². The van der Waals surface area contributed by atoms with Crippen molar-refractivity contribution < 1.29 is 27.1 Å². The molecule has 0 aliphatic carbocycles. The van der Waals surface area contributed by atoms with Gasteiger partial charge in [-0.1, -0.05) is 36.2 Å². The molecule has 12 heteroatoms. The maximum absolute atomic E-state index is 14.2. The van der Waals surface area contributed by atoms with Gasteiger partial charge in [0.1, 0.15) is 24.2 Å². The van der Waals surface area contributed by atoms with E-state index in [2.05, 4.69) is 5.32 Å². The summed E-state index contributed by atoms with van der Waals surface area (Å²) in [6, 6.07) is 14.5. The van der Waals surface area contributed by atoms with Crippen LogP contribution in [0.15, 0.2) is 71.6 Å². The maximum atomic E-state index is 14.2. The molecule has 0 saturated carbocycles. The van der Waals surface area contributed by atoms with Crippen LogP contribution in [0.2, 0.25) is 10.0 Å². The van der Waals surface area contributed by atoms with Crippen molar-refractivity contribution in [2.45, 2.75) is 64.1 Å². The molecule has 0 saturated heterocycles. The molecule has 3 aromatic carbocycles. The third-order valence-corrected chi connectivity index (χ3v) is 8.86. The molecule has 0 aromatic heterocycles. The van der Waals surface area contributed by atoms with E-state index in [0.29, 0.717) is 22.9 Å². The molecule has 3 rings (SSSR count). The van der Waals surface area contributed by atoms with Crippen LogP contribution in [-0.4, -0.2) is 49.9 Å². The number of benzene rings is 3. The lowest BCUT2D eigenvalue weighted by Crippen LogP contribution is -2.55. The summed E-state index contributed by atoms with van der Waals surface area (Å²) < 4.78 is 47.9. The lowest BCUT2D eigenvalue weighted by atomic mass is 10.1. The van der Waals surface area contributed by atoms with E-state index in [1.807, 2.05) is 27.7 Å². The summed E-state index contributed by atoms with van der Waals surface area (Å²) in [5.74, 6) is -1.12. The first-order valence-electron chi connectivity index (χ1n) is 13.7. The van der Waals surface area contributed by atoms with Crippen LogP contribution in [0.4, 0.5) is 10.1 Å². The summed E-state index contributed by atoms with van der Waals surface area (Å²) in [5.41, 5.74) is 0.199. The number of rotatable bonds is 12. The fourth-order valence-corrected chi connectivity index (χ4v) is 6.08. The van der Waals surface area contributed by atoms with Crippen molar-refractivity contribution in [3.8, 4) is 5.75 Å². The van der Waals surface area contributed by atoms with Gasteiger partial charge >= 0.3 is 0 Å². The van der Waals surface area contributed by atoms with E-state index in [1.165, 1.54) is 17.0 Å². The molecule has 0 fully saturated rings. The average molecular weight is 653 g/mol. The standard InChI is InChI=1S/C31H36Cl2FN3O5S/c1-6-28(30(39)35-31(3,4)5)36(19-21-8-17-26(32)27(33)18-21)29(38)20-37(23-11-13-24(14-12-23)42-7-2)43(40,41)25-15-9-22(34)10-16-25/h8-18,28H,6-7,19-20H2,1-5H3,(H,35,39)/t28-/m1/s1. The van der Waals surface area contributed by atoms with E-state index < -0.39 is 45.8 Å². The van der Waals surface area contributed by atoms with E-state index in [0.717, 1.165) is 28.6 Å². The van der Waals surface area contributed by atoms with Gasteiger partial charge in [-0.3, -0.25) is 13.9 Å². The number of carbonyl (C=O) groups is 2. The van der Waals surface area contributed by atoms with E-state index in [-0.39, 0.29) is 28.6 Å². The van der Waals surface area contributed by atoms with Gasteiger partial charge in [0, 0.05) is 12.1 Å². The molecule has 43 heavy (non-hydrogen) atoms. The quantitative estimate of drug-likeness (QED) is 0.243. The SMILES string of the molecule is CCOc1ccc(N(CC(=O)N(Cc2ccc(Cl)c(Cl)c2)[C@H](CC)C(=O)NC(C)(C)C)S(=O)(=O)c2ccc(F)cc2)cc1. The molecule has 1 N–H and O–H groups in total. The summed E-state index contributed by atoms with van der Waals surface area (Å²) in [6.07, 6.45) is 0.253. The highest BCUT2D eigenvalue weighted by Gasteiger charge is 2.34. The molecule has 232 valence electrons. The summed E-state index contributed by atoms with van der Waals surface area (Å²) in [6.45, 7) is 8.78.